The first kappa shape index (κ1) is 13.8. The van der Waals surface area contributed by atoms with E-state index in [0.717, 1.165) is 30.0 Å². The van der Waals surface area contributed by atoms with Crippen LogP contribution in [0.1, 0.15) is 30.5 Å². The van der Waals surface area contributed by atoms with Crippen LogP contribution >= 0.6 is 0 Å². The summed E-state index contributed by atoms with van der Waals surface area (Å²) in [5.41, 5.74) is 3.85. The first-order chi connectivity index (χ1) is 10.3. The molecule has 2 aromatic rings. The molecule has 1 aliphatic rings. The van der Waals surface area contributed by atoms with Gasteiger partial charge >= 0.3 is 0 Å². The first-order valence-corrected chi connectivity index (χ1v) is 7.46. The van der Waals surface area contributed by atoms with E-state index in [4.69, 9.17) is 9.47 Å². The normalized spacial score (nSPS) is 16.4. The minimum absolute atomic E-state index is 0.340. The van der Waals surface area contributed by atoms with Gasteiger partial charge in [-0.25, -0.2) is 0 Å². The Hall–Kier alpha value is -2.16. The zero-order valence-electron chi connectivity index (χ0n) is 12.6. The number of aryl methyl sites for hydroxylation is 1. The molecular weight excluding hydrogens is 262 g/mol. The average molecular weight is 283 g/mol. The predicted molar refractivity (Wildman–Crippen MR) is 85.3 cm³/mol. The van der Waals surface area contributed by atoms with Gasteiger partial charge in [0.05, 0.1) is 19.8 Å². The van der Waals surface area contributed by atoms with Crippen molar-refractivity contribution in [3.8, 4) is 11.5 Å². The summed E-state index contributed by atoms with van der Waals surface area (Å²) in [7, 11) is 1.71. The SMILES string of the molecule is CCOc1cccc(NC2CCc3ccc(OC)cc32)c1. The molecule has 3 rings (SSSR count). The van der Waals surface area contributed by atoms with Crippen LogP contribution in [0.15, 0.2) is 42.5 Å². The molecule has 0 saturated carbocycles. The number of benzene rings is 2. The highest BCUT2D eigenvalue weighted by Gasteiger charge is 2.22. The molecule has 110 valence electrons. The van der Waals surface area contributed by atoms with Crippen molar-refractivity contribution >= 4 is 5.69 Å². The summed E-state index contributed by atoms with van der Waals surface area (Å²) >= 11 is 0. The minimum Gasteiger partial charge on any atom is -0.497 e. The van der Waals surface area contributed by atoms with Crippen molar-refractivity contribution in [3.63, 3.8) is 0 Å². The number of fused-ring (bicyclic) bond motifs is 1. The van der Waals surface area contributed by atoms with Gasteiger partial charge in [-0.2, -0.15) is 0 Å². The molecule has 0 spiro atoms. The van der Waals surface area contributed by atoms with Gasteiger partial charge in [-0.1, -0.05) is 12.1 Å². The Morgan fingerprint density at radius 3 is 2.86 bits per heavy atom. The fourth-order valence-corrected chi connectivity index (χ4v) is 2.90. The fourth-order valence-electron chi connectivity index (χ4n) is 2.90. The second-order valence-electron chi connectivity index (χ2n) is 5.26. The van der Waals surface area contributed by atoms with Gasteiger partial charge in [-0.15, -0.1) is 0 Å². The van der Waals surface area contributed by atoms with Crippen molar-refractivity contribution in [2.45, 2.75) is 25.8 Å². The van der Waals surface area contributed by atoms with Crippen LogP contribution in [-0.4, -0.2) is 13.7 Å². The number of anilines is 1. The lowest BCUT2D eigenvalue weighted by Gasteiger charge is -2.17. The number of hydrogen-bond donors (Lipinski definition) is 1. The lowest BCUT2D eigenvalue weighted by atomic mass is 10.1. The molecule has 3 nitrogen and oxygen atoms in total. The maximum absolute atomic E-state index is 5.56. The molecule has 0 heterocycles. The highest BCUT2D eigenvalue weighted by atomic mass is 16.5. The zero-order chi connectivity index (χ0) is 14.7. The van der Waals surface area contributed by atoms with Crippen LogP contribution in [0.5, 0.6) is 11.5 Å². The van der Waals surface area contributed by atoms with Crippen molar-refractivity contribution in [3.05, 3.63) is 53.6 Å². The van der Waals surface area contributed by atoms with Crippen molar-refractivity contribution in [1.82, 2.24) is 0 Å². The monoisotopic (exact) mass is 283 g/mol. The fraction of sp³-hybridized carbons (Fsp3) is 0.333. The first-order valence-electron chi connectivity index (χ1n) is 7.46. The van der Waals surface area contributed by atoms with Gasteiger partial charge in [0.2, 0.25) is 0 Å². The Morgan fingerprint density at radius 2 is 2.05 bits per heavy atom. The molecule has 1 N–H and O–H groups in total. The van der Waals surface area contributed by atoms with Crippen LogP contribution in [-0.2, 0) is 6.42 Å². The summed E-state index contributed by atoms with van der Waals surface area (Å²) < 4.78 is 10.9. The molecule has 1 aliphatic carbocycles. The Morgan fingerprint density at radius 1 is 1.14 bits per heavy atom. The molecule has 0 aliphatic heterocycles. The van der Waals surface area contributed by atoms with E-state index in [1.165, 1.54) is 11.1 Å². The largest absolute Gasteiger partial charge is 0.497 e. The molecule has 1 unspecified atom stereocenters. The van der Waals surface area contributed by atoms with E-state index >= 15 is 0 Å². The van der Waals surface area contributed by atoms with E-state index in [-0.39, 0.29) is 0 Å². The molecule has 0 amide bonds. The number of hydrogen-bond acceptors (Lipinski definition) is 3. The van der Waals surface area contributed by atoms with Crippen LogP contribution in [0.3, 0.4) is 0 Å². The summed E-state index contributed by atoms with van der Waals surface area (Å²) in [6, 6.07) is 14.8. The van der Waals surface area contributed by atoms with Gasteiger partial charge < -0.3 is 14.8 Å². The van der Waals surface area contributed by atoms with E-state index < -0.39 is 0 Å². The van der Waals surface area contributed by atoms with Gasteiger partial charge in [0.15, 0.2) is 0 Å². The summed E-state index contributed by atoms with van der Waals surface area (Å²) in [6.45, 7) is 2.69. The molecule has 0 bridgehead atoms. The third-order valence-corrected chi connectivity index (χ3v) is 3.92. The number of rotatable bonds is 5. The average Bonchev–Trinajstić information content (AvgIpc) is 2.90. The number of methoxy groups -OCH3 is 1. The third-order valence-electron chi connectivity index (χ3n) is 3.92. The van der Waals surface area contributed by atoms with Crippen molar-refractivity contribution in [1.29, 1.82) is 0 Å². The van der Waals surface area contributed by atoms with Crippen LogP contribution < -0.4 is 14.8 Å². The predicted octanol–water partition coefficient (Wildman–Crippen LogP) is 4.19. The van der Waals surface area contributed by atoms with E-state index in [9.17, 15) is 0 Å². The van der Waals surface area contributed by atoms with Gasteiger partial charge in [-0.05, 0) is 55.2 Å². The highest BCUT2D eigenvalue weighted by molar-refractivity contribution is 5.52. The maximum Gasteiger partial charge on any atom is 0.121 e. The van der Waals surface area contributed by atoms with Crippen LogP contribution in [0.2, 0.25) is 0 Å². The van der Waals surface area contributed by atoms with E-state index in [0.29, 0.717) is 12.6 Å². The van der Waals surface area contributed by atoms with E-state index in [2.05, 4.69) is 29.6 Å². The molecule has 1 atom stereocenters. The number of ether oxygens (including phenoxy) is 2. The van der Waals surface area contributed by atoms with Gasteiger partial charge in [0.1, 0.15) is 11.5 Å². The Labute approximate surface area is 125 Å². The molecule has 21 heavy (non-hydrogen) atoms. The molecule has 0 fully saturated rings. The lowest BCUT2D eigenvalue weighted by molar-refractivity contribution is 0.340. The third kappa shape index (κ3) is 2.97. The van der Waals surface area contributed by atoms with E-state index in [1.54, 1.807) is 7.11 Å². The molecule has 3 heteroatoms. The molecule has 0 radical (unpaired) electrons. The molecule has 0 aromatic heterocycles. The Kier molecular flexibility index (Phi) is 4.00. The van der Waals surface area contributed by atoms with Gasteiger partial charge in [0.25, 0.3) is 0 Å². The Balaban J connectivity index is 1.80. The quantitative estimate of drug-likeness (QED) is 0.892. The van der Waals surface area contributed by atoms with Gasteiger partial charge in [-0.3, -0.25) is 0 Å². The zero-order valence-corrected chi connectivity index (χ0v) is 12.6. The maximum atomic E-state index is 5.56. The smallest absolute Gasteiger partial charge is 0.121 e. The lowest BCUT2D eigenvalue weighted by Crippen LogP contribution is -2.07. The number of nitrogens with one attached hydrogen (secondary N) is 1. The summed E-state index contributed by atoms with van der Waals surface area (Å²) in [4.78, 5) is 0. The summed E-state index contributed by atoms with van der Waals surface area (Å²) in [5, 5.41) is 3.61. The standard InChI is InChI=1S/C18H21NO2/c1-3-21-16-6-4-5-14(11-16)19-18-10-8-13-7-9-15(20-2)12-17(13)18/h4-7,9,11-12,18-19H,3,8,10H2,1-2H3. The van der Waals surface area contributed by atoms with Crippen LogP contribution in [0, 0.1) is 0 Å². The summed E-state index contributed by atoms with van der Waals surface area (Å²) in [5.74, 6) is 1.83. The topological polar surface area (TPSA) is 30.5 Å². The molecule has 0 saturated heterocycles. The second-order valence-corrected chi connectivity index (χ2v) is 5.26. The highest BCUT2D eigenvalue weighted by Crippen LogP contribution is 2.36. The minimum atomic E-state index is 0.340. The summed E-state index contributed by atoms with van der Waals surface area (Å²) in [6.07, 6.45) is 2.23. The van der Waals surface area contributed by atoms with Crippen molar-refractivity contribution < 1.29 is 9.47 Å². The molecule has 2 aromatic carbocycles. The molecular formula is C18H21NO2. The van der Waals surface area contributed by atoms with Crippen molar-refractivity contribution in [2.24, 2.45) is 0 Å². The van der Waals surface area contributed by atoms with Crippen molar-refractivity contribution in [2.75, 3.05) is 19.0 Å². The van der Waals surface area contributed by atoms with E-state index in [1.807, 2.05) is 25.1 Å². The Bertz CT molecular complexity index is 624. The van der Waals surface area contributed by atoms with Crippen LogP contribution in [0.4, 0.5) is 5.69 Å². The van der Waals surface area contributed by atoms with Gasteiger partial charge in [0, 0.05) is 11.8 Å². The van der Waals surface area contributed by atoms with Crippen LogP contribution in [0.25, 0.3) is 0 Å². The second kappa shape index (κ2) is 6.08.